The van der Waals surface area contributed by atoms with Crippen molar-refractivity contribution < 1.29 is 14.4 Å². The fraction of sp³-hybridized carbons (Fsp3) is 0.588. The molecule has 1 aliphatic heterocycles. The van der Waals surface area contributed by atoms with Crippen molar-refractivity contribution in [3.63, 3.8) is 0 Å². The molecule has 3 nitrogen and oxygen atoms in total. The third-order valence-electron chi connectivity index (χ3n) is 4.28. The Balaban J connectivity index is 1.78. The molecule has 110 valence electrons. The molecule has 1 N–H and O–H groups in total. The van der Waals surface area contributed by atoms with Gasteiger partial charge >= 0.3 is 5.97 Å². The lowest BCUT2D eigenvalue weighted by atomic mass is 9.95. The lowest BCUT2D eigenvalue weighted by Crippen LogP contribution is -3.13. The summed E-state index contributed by atoms with van der Waals surface area (Å²) in [6.07, 6.45) is 1.94. The Hall–Kier alpha value is -1.35. The molecule has 1 fully saturated rings. The van der Waals surface area contributed by atoms with Gasteiger partial charge in [-0.2, -0.15) is 0 Å². The SMILES string of the molecule is CCOC(=O)C1CC[NH+](C[C@@H](C)c2ccccc2)CC1. The smallest absolute Gasteiger partial charge is 0.309 e. The van der Waals surface area contributed by atoms with Gasteiger partial charge in [-0.05, 0) is 12.5 Å². The number of likely N-dealkylation sites (tertiary alicyclic amines) is 1. The average molecular weight is 276 g/mol. The predicted octanol–water partition coefficient (Wildman–Crippen LogP) is 1.65. The Bertz CT molecular complexity index is 410. The quantitative estimate of drug-likeness (QED) is 0.829. The van der Waals surface area contributed by atoms with Crippen molar-refractivity contribution in [2.24, 2.45) is 5.92 Å². The van der Waals surface area contributed by atoms with Gasteiger partial charge in [-0.3, -0.25) is 4.79 Å². The van der Waals surface area contributed by atoms with Gasteiger partial charge in [0.1, 0.15) is 0 Å². The molecule has 2 rings (SSSR count). The highest BCUT2D eigenvalue weighted by Gasteiger charge is 2.29. The van der Waals surface area contributed by atoms with Crippen LogP contribution in [0.15, 0.2) is 30.3 Å². The maximum Gasteiger partial charge on any atom is 0.309 e. The summed E-state index contributed by atoms with van der Waals surface area (Å²) in [5.74, 6) is 0.707. The fourth-order valence-electron chi connectivity index (χ4n) is 3.06. The molecule has 0 spiro atoms. The molecular weight excluding hydrogens is 250 g/mol. The van der Waals surface area contributed by atoms with E-state index in [4.69, 9.17) is 4.74 Å². The first-order valence-electron chi connectivity index (χ1n) is 7.75. The van der Waals surface area contributed by atoms with Crippen molar-refractivity contribution >= 4 is 5.97 Å². The normalized spacial score (nSPS) is 24.1. The van der Waals surface area contributed by atoms with E-state index in [-0.39, 0.29) is 11.9 Å². The molecular formula is C17H26NO2+. The van der Waals surface area contributed by atoms with Crippen LogP contribution in [-0.2, 0) is 9.53 Å². The number of esters is 1. The number of piperidine rings is 1. The van der Waals surface area contributed by atoms with Crippen LogP contribution in [-0.4, -0.2) is 32.2 Å². The molecule has 1 aliphatic rings. The summed E-state index contributed by atoms with van der Waals surface area (Å²) < 4.78 is 5.12. The maximum absolute atomic E-state index is 11.7. The highest BCUT2D eigenvalue weighted by molar-refractivity contribution is 5.72. The highest BCUT2D eigenvalue weighted by atomic mass is 16.5. The Labute approximate surface area is 121 Å². The van der Waals surface area contributed by atoms with Crippen LogP contribution >= 0.6 is 0 Å². The predicted molar refractivity (Wildman–Crippen MR) is 79.8 cm³/mol. The van der Waals surface area contributed by atoms with Crippen LogP contribution < -0.4 is 4.90 Å². The van der Waals surface area contributed by atoms with Gasteiger partial charge in [0.25, 0.3) is 0 Å². The minimum Gasteiger partial charge on any atom is -0.466 e. The Morgan fingerprint density at radius 3 is 2.55 bits per heavy atom. The molecule has 0 saturated carbocycles. The van der Waals surface area contributed by atoms with Crippen molar-refractivity contribution in [1.29, 1.82) is 0 Å². The summed E-state index contributed by atoms with van der Waals surface area (Å²) in [5.41, 5.74) is 1.41. The number of rotatable bonds is 5. The number of quaternary nitrogens is 1. The molecule has 1 aromatic rings. The Morgan fingerprint density at radius 2 is 1.95 bits per heavy atom. The van der Waals surface area contributed by atoms with Crippen LogP contribution in [0, 0.1) is 5.92 Å². The van der Waals surface area contributed by atoms with Crippen molar-refractivity contribution in [2.45, 2.75) is 32.6 Å². The van der Waals surface area contributed by atoms with Crippen LogP contribution in [0.4, 0.5) is 0 Å². The summed E-state index contributed by atoms with van der Waals surface area (Å²) in [4.78, 5) is 13.3. The molecule has 3 heteroatoms. The van der Waals surface area contributed by atoms with E-state index in [9.17, 15) is 4.79 Å². The molecule has 1 heterocycles. The summed E-state index contributed by atoms with van der Waals surface area (Å²) in [5, 5.41) is 0. The van der Waals surface area contributed by atoms with Gasteiger partial charge in [-0.25, -0.2) is 0 Å². The second-order valence-corrected chi connectivity index (χ2v) is 5.79. The van der Waals surface area contributed by atoms with Gasteiger partial charge in [0.05, 0.1) is 32.2 Å². The molecule has 1 saturated heterocycles. The minimum absolute atomic E-state index is 0.00246. The molecule has 0 amide bonds. The molecule has 0 unspecified atom stereocenters. The van der Waals surface area contributed by atoms with E-state index in [0.717, 1.165) is 32.5 Å². The van der Waals surface area contributed by atoms with E-state index in [1.54, 1.807) is 4.90 Å². The maximum atomic E-state index is 11.7. The zero-order valence-corrected chi connectivity index (χ0v) is 12.6. The Morgan fingerprint density at radius 1 is 1.30 bits per heavy atom. The van der Waals surface area contributed by atoms with Crippen molar-refractivity contribution in [2.75, 3.05) is 26.2 Å². The van der Waals surface area contributed by atoms with Gasteiger partial charge in [0, 0.05) is 18.8 Å². The number of hydrogen-bond acceptors (Lipinski definition) is 2. The third-order valence-corrected chi connectivity index (χ3v) is 4.28. The zero-order chi connectivity index (χ0) is 14.4. The average Bonchev–Trinajstić information content (AvgIpc) is 2.49. The van der Waals surface area contributed by atoms with Gasteiger partial charge in [0.2, 0.25) is 0 Å². The minimum atomic E-state index is 0.00246. The van der Waals surface area contributed by atoms with Crippen molar-refractivity contribution in [3.8, 4) is 0 Å². The zero-order valence-electron chi connectivity index (χ0n) is 12.6. The largest absolute Gasteiger partial charge is 0.466 e. The van der Waals surface area contributed by atoms with Crippen LogP contribution in [0.1, 0.15) is 38.2 Å². The van der Waals surface area contributed by atoms with Crippen molar-refractivity contribution in [3.05, 3.63) is 35.9 Å². The van der Waals surface area contributed by atoms with Crippen LogP contribution in [0.2, 0.25) is 0 Å². The lowest BCUT2D eigenvalue weighted by Gasteiger charge is -2.30. The molecule has 0 aliphatic carbocycles. The second-order valence-electron chi connectivity index (χ2n) is 5.79. The third kappa shape index (κ3) is 4.07. The van der Waals surface area contributed by atoms with E-state index in [1.165, 1.54) is 5.56 Å². The van der Waals surface area contributed by atoms with Gasteiger partial charge in [0.15, 0.2) is 0 Å². The summed E-state index contributed by atoms with van der Waals surface area (Å²) in [6, 6.07) is 10.7. The number of ether oxygens (including phenoxy) is 1. The lowest BCUT2D eigenvalue weighted by molar-refractivity contribution is -0.907. The summed E-state index contributed by atoms with van der Waals surface area (Å²) >= 11 is 0. The first kappa shape index (κ1) is 15.0. The Kier molecular flexibility index (Phi) is 5.60. The standard InChI is InChI=1S/C17H25NO2/c1-3-20-17(19)16-9-11-18(12-10-16)13-14(2)15-7-5-4-6-8-15/h4-8,14,16H,3,9-13H2,1-2H3/p+1/t14-/m1/s1. The summed E-state index contributed by atoms with van der Waals surface area (Å²) in [6.45, 7) is 7.98. The molecule has 0 bridgehead atoms. The van der Waals surface area contributed by atoms with E-state index < -0.39 is 0 Å². The van der Waals surface area contributed by atoms with Crippen molar-refractivity contribution in [1.82, 2.24) is 0 Å². The fourth-order valence-corrected chi connectivity index (χ4v) is 3.06. The number of hydrogen-bond donors (Lipinski definition) is 1. The number of carbonyl (C=O) groups is 1. The number of carbonyl (C=O) groups excluding carboxylic acids is 1. The van der Waals surface area contributed by atoms with E-state index in [1.807, 2.05) is 6.92 Å². The van der Waals surface area contributed by atoms with Gasteiger partial charge in [-0.1, -0.05) is 37.3 Å². The van der Waals surface area contributed by atoms with Crippen LogP contribution in [0.3, 0.4) is 0 Å². The topological polar surface area (TPSA) is 30.7 Å². The van der Waals surface area contributed by atoms with Crippen LogP contribution in [0.5, 0.6) is 0 Å². The molecule has 0 radical (unpaired) electrons. The molecule has 1 aromatic carbocycles. The number of nitrogens with one attached hydrogen (secondary N) is 1. The molecule has 1 atom stereocenters. The van der Waals surface area contributed by atoms with E-state index in [2.05, 4.69) is 37.3 Å². The molecule has 20 heavy (non-hydrogen) atoms. The first-order chi connectivity index (χ1) is 9.70. The monoisotopic (exact) mass is 276 g/mol. The van der Waals surface area contributed by atoms with E-state index >= 15 is 0 Å². The second kappa shape index (κ2) is 7.44. The highest BCUT2D eigenvalue weighted by Crippen LogP contribution is 2.14. The number of benzene rings is 1. The summed E-state index contributed by atoms with van der Waals surface area (Å²) in [7, 11) is 0. The first-order valence-corrected chi connectivity index (χ1v) is 7.75. The van der Waals surface area contributed by atoms with Crippen LogP contribution in [0.25, 0.3) is 0 Å². The molecule has 0 aromatic heterocycles. The van der Waals surface area contributed by atoms with Gasteiger partial charge in [-0.15, -0.1) is 0 Å². The van der Waals surface area contributed by atoms with E-state index in [0.29, 0.717) is 12.5 Å². The van der Waals surface area contributed by atoms with Gasteiger partial charge < -0.3 is 9.64 Å².